The van der Waals surface area contributed by atoms with E-state index in [-0.39, 0.29) is 37.4 Å². The molecule has 0 aromatic heterocycles. The number of ether oxygens (including phenoxy) is 2. The molecule has 1 N–H and O–H groups in total. The molecule has 0 spiro atoms. The van der Waals surface area contributed by atoms with E-state index in [2.05, 4.69) is 21.2 Å². The number of ketones is 1. The minimum atomic E-state index is -0.521. The first-order chi connectivity index (χ1) is 13.3. The van der Waals surface area contributed by atoms with Gasteiger partial charge in [0.2, 0.25) is 0 Å². The maximum Gasteiger partial charge on any atom is 0.309 e. The van der Waals surface area contributed by atoms with E-state index in [4.69, 9.17) is 9.47 Å². The number of benzene rings is 2. The van der Waals surface area contributed by atoms with Crippen LogP contribution in [0.4, 0.5) is 0 Å². The Morgan fingerprint density at radius 2 is 1.68 bits per heavy atom. The number of rotatable bonds is 9. The third-order valence-corrected chi connectivity index (χ3v) is 4.48. The van der Waals surface area contributed by atoms with E-state index in [0.717, 1.165) is 10.0 Å². The number of Topliss-reactive ketones (excluding diaryl/α,β-unsaturated/α-hetero) is 1. The van der Waals surface area contributed by atoms with Gasteiger partial charge in [0, 0.05) is 10.0 Å². The topological polar surface area (TPSA) is 81.7 Å². The average Bonchev–Trinajstić information content (AvgIpc) is 2.67. The van der Waals surface area contributed by atoms with Gasteiger partial charge in [-0.25, -0.2) is 0 Å². The van der Waals surface area contributed by atoms with Crippen LogP contribution in [0.15, 0.2) is 53.0 Å². The Bertz CT molecular complexity index is 818. The quantitative estimate of drug-likeness (QED) is 0.466. The Balaban J connectivity index is 1.66. The van der Waals surface area contributed by atoms with E-state index in [0.29, 0.717) is 11.3 Å². The molecule has 0 fully saturated rings. The number of carbonyl (C=O) groups is 3. The Hall–Kier alpha value is -2.67. The summed E-state index contributed by atoms with van der Waals surface area (Å²) in [5.74, 6) is -0.363. The highest BCUT2D eigenvalue weighted by molar-refractivity contribution is 9.10. The Morgan fingerprint density at radius 1 is 1.04 bits per heavy atom. The molecule has 0 bridgehead atoms. The summed E-state index contributed by atoms with van der Waals surface area (Å²) in [5, 5.41) is 2.78. The number of esters is 1. The zero-order chi connectivity index (χ0) is 20.5. The van der Waals surface area contributed by atoms with Crippen molar-refractivity contribution in [3.63, 3.8) is 0 Å². The molecule has 1 atom stereocenters. The van der Waals surface area contributed by atoms with Crippen LogP contribution < -0.4 is 10.1 Å². The van der Waals surface area contributed by atoms with Crippen molar-refractivity contribution < 1.29 is 23.9 Å². The van der Waals surface area contributed by atoms with E-state index in [1.165, 1.54) is 6.92 Å². The lowest BCUT2D eigenvalue weighted by Crippen LogP contribution is -2.31. The highest BCUT2D eigenvalue weighted by atomic mass is 79.9. The lowest BCUT2D eigenvalue weighted by atomic mass is 10.1. The first kappa shape index (κ1) is 21.6. The molecule has 0 heterocycles. The van der Waals surface area contributed by atoms with Crippen molar-refractivity contribution in [1.29, 1.82) is 0 Å². The Morgan fingerprint density at radius 3 is 2.29 bits per heavy atom. The van der Waals surface area contributed by atoms with Crippen LogP contribution >= 0.6 is 15.9 Å². The van der Waals surface area contributed by atoms with Crippen LogP contribution in [-0.2, 0) is 14.3 Å². The van der Waals surface area contributed by atoms with E-state index >= 15 is 0 Å². The molecule has 28 heavy (non-hydrogen) atoms. The molecular weight excluding hydrogens is 426 g/mol. The van der Waals surface area contributed by atoms with E-state index in [1.807, 2.05) is 31.2 Å². The molecule has 0 aliphatic rings. The molecule has 7 heteroatoms. The highest BCUT2D eigenvalue weighted by Gasteiger charge is 2.12. The lowest BCUT2D eigenvalue weighted by Gasteiger charge is -2.14. The molecule has 2 aromatic carbocycles. The average molecular weight is 448 g/mol. The van der Waals surface area contributed by atoms with Gasteiger partial charge in [0.1, 0.15) is 5.75 Å². The molecule has 2 rings (SSSR count). The van der Waals surface area contributed by atoms with Crippen molar-refractivity contribution in [2.24, 2.45) is 0 Å². The Labute approximate surface area is 172 Å². The smallest absolute Gasteiger partial charge is 0.309 e. The predicted molar refractivity (Wildman–Crippen MR) is 108 cm³/mol. The number of amides is 1. The van der Waals surface area contributed by atoms with Gasteiger partial charge in [-0.2, -0.15) is 0 Å². The summed E-state index contributed by atoms with van der Waals surface area (Å²) in [5.41, 5.74) is 1.54. The molecule has 2 aromatic rings. The molecule has 0 saturated heterocycles. The second-order valence-electron chi connectivity index (χ2n) is 6.18. The number of hydrogen-bond donors (Lipinski definition) is 1. The van der Waals surface area contributed by atoms with Crippen molar-refractivity contribution in [2.45, 2.75) is 26.3 Å². The zero-order valence-electron chi connectivity index (χ0n) is 15.7. The summed E-state index contributed by atoms with van der Waals surface area (Å²) >= 11 is 3.36. The van der Waals surface area contributed by atoms with E-state index in [1.54, 1.807) is 24.3 Å². The van der Waals surface area contributed by atoms with Crippen molar-refractivity contribution in [3.8, 4) is 5.75 Å². The number of carbonyl (C=O) groups excluding carboxylic acids is 3. The summed E-state index contributed by atoms with van der Waals surface area (Å²) in [6, 6.07) is 14.1. The van der Waals surface area contributed by atoms with Crippen LogP contribution in [-0.4, -0.2) is 30.9 Å². The largest absolute Gasteiger partial charge is 0.493 e. The van der Waals surface area contributed by atoms with Gasteiger partial charge in [0.25, 0.3) is 5.91 Å². The van der Waals surface area contributed by atoms with Gasteiger partial charge in [-0.15, -0.1) is 0 Å². The first-order valence-electron chi connectivity index (χ1n) is 8.79. The van der Waals surface area contributed by atoms with Crippen molar-refractivity contribution in [3.05, 3.63) is 64.1 Å². The van der Waals surface area contributed by atoms with Gasteiger partial charge in [-0.1, -0.05) is 28.1 Å². The molecule has 0 aliphatic carbocycles. The fourth-order valence-electron chi connectivity index (χ4n) is 2.37. The molecule has 1 amide bonds. The van der Waals surface area contributed by atoms with Crippen LogP contribution in [0, 0.1) is 0 Å². The molecule has 148 valence electrons. The van der Waals surface area contributed by atoms with E-state index < -0.39 is 5.97 Å². The zero-order valence-corrected chi connectivity index (χ0v) is 17.3. The molecule has 6 nitrogen and oxygen atoms in total. The van der Waals surface area contributed by atoms with Gasteiger partial charge in [0.15, 0.2) is 12.4 Å². The number of nitrogens with one attached hydrogen (secondary N) is 1. The van der Waals surface area contributed by atoms with Crippen LogP contribution in [0.5, 0.6) is 5.75 Å². The van der Waals surface area contributed by atoms with Crippen molar-refractivity contribution in [1.82, 2.24) is 5.32 Å². The second-order valence-corrected chi connectivity index (χ2v) is 7.10. The molecule has 0 aliphatic heterocycles. The fraction of sp³-hybridized carbons (Fsp3) is 0.286. The van der Waals surface area contributed by atoms with Gasteiger partial charge in [-0.3, -0.25) is 14.4 Å². The van der Waals surface area contributed by atoms with Gasteiger partial charge >= 0.3 is 5.97 Å². The maximum atomic E-state index is 11.9. The number of halogens is 1. The third-order valence-electron chi connectivity index (χ3n) is 3.95. The Kier molecular flexibility index (Phi) is 8.19. The van der Waals surface area contributed by atoms with Gasteiger partial charge in [0.05, 0.1) is 19.1 Å². The lowest BCUT2D eigenvalue weighted by molar-refractivity contribution is -0.149. The highest BCUT2D eigenvalue weighted by Crippen LogP contribution is 2.16. The summed E-state index contributed by atoms with van der Waals surface area (Å²) in [7, 11) is 0. The van der Waals surface area contributed by atoms with Crippen molar-refractivity contribution >= 4 is 33.6 Å². The standard InChI is InChI=1S/C21H22BrNO5/c1-14(16-3-7-18(22)8-4-16)23-20(25)13-28-21(26)11-12-27-19-9-5-17(6-10-19)15(2)24/h3-10,14H,11-13H2,1-2H3,(H,23,25). The summed E-state index contributed by atoms with van der Waals surface area (Å²) < 4.78 is 11.4. The summed E-state index contributed by atoms with van der Waals surface area (Å²) in [6.07, 6.45) is 0.0179. The maximum absolute atomic E-state index is 11.9. The predicted octanol–water partition coefficient (Wildman–Crippen LogP) is 3.84. The summed E-state index contributed by atoms with van der Waals surface area (Å²) in [4.78, 5) is 34.9. The van der Waals surface area contributed by atoms with Gasteiger partial charge < -0.3 is 14.8 Å². The van der Waals surface area contributed by atoms with E-state index in [9.17, 15) is 14.4 Å². The SMILES string of the molecule is CC(=O)c1ccc(OCCC(=O)OCC(=O)NC(C)c2ccc(Br)cc2)cc1. The molecule has 0 saturated carbocycles. The second kappa shape index (κ2) is 10.6. The van der Waals surface area contributed by atoms with Crippen molar-refractivity contribution in [2.75, 3.05) is 13.2 Å². The van der Waals surface area contributed by atoms with Crippen LogP contribution in [0.2, 0.25) is 0 Å². The number of hydrogen-bond acceptors (Lipinski definition) is 5. The van der Waals surface area contributed by atoms with Crippen LogP contribution in [0.25, 0.3) is 0 Å². The molecular formula is C21H22BrNO5. The monoisotopic (exact) mass is 447 g/mol. The normalized spacial score (nSPS) is 11.4. The minimum absolute atomic E-state index is 0.0179. The first-order valence-corrected chi connectivity index (χ1v) is 9.58. The third kappa shape index (κ3) is 7.15. The molecule has 1 unspecified atom stereocenters. The molecule has 0 radical (unpaired) electrons. The van der Waals surface area contributed by atoms with Crippen LogP contribution in [0.1, 0.15) is 42.2 Å². The van der Waals surface area contributed by atoms with Crippen LogP contribution in [0.3, 0.4) is 0 Å². The van der Waals surface area contributed by atoms with Gasteiger partial charge in [-0.05, 0) is 55.8 Å². The summed E-state index contributed by atoms with van der Waals surface area (Å²) in [6.45, 7) is 3.12. The minimum Gasteiger partial charge on any atom is -0.493 e. The fourth-order valence-corrected chi connectivity index (χ4v) is 2.64.